The number of anilines is 1. The summed E-state index contributed by atoms with van der Waals surface area (Å²) >= 11 is 0. The van der Waals surface area contributed by atoms with Crippen LogP contribution < -0.4 is 11.4 Å². The highest BCUT2D eigenvalue weighted by Crippen LogP contribution is 2.36. The van der Waals surface area contributed by atoms with Gasteiger partial charge in [0.15, 0.2) is 0 Å². The van der Waals surface area contributed by atoms with E-state index in [-0.39, 0.29) is 23.3 Å². The standard InChI is InChI=1S/C18H23N5O3/c1-10-9-13(11-3-2-4-11)26-17(25)14(10)16(24)23-7-5-12(6-8-23)15-20-18(19)22-21-15/h9,11-12H,2-8H2,1H3,(H3,19,20,21,22). The highest BCUT2D eigenvalue weighted by molar-refractivity contribution is 5.95. The number of aromatic nitrogens is 3. The Hall–Kier alpha value is -2.64. The van der Waals surface area contributed by atoms with Crippen LogP contribution in [0.3, 0.4) is 0 Å². The zero-order valence-corrected chi connectivity index (χ0v) is 14.8. The van der Waals surface area contributed by atoms with Gasteiger partial charge in [0.05, 0.1) is 0 Å². The molecule has 0 bridgehead atoms. The summed E-state index contributed by atoms with van der Waals surface area (Å²) in [7, 11) is 0. The van der Waals surface area contributed by atoms with Gasteiger partial charge in [-0.3, -0.25) is 9.89 Å². The lowest BCUT2D eigenvalue weighted by atomic mass is 9.83. The minimum absolute atomic E-state index is 0.162. The van der Waals surface area contributed by atoms with Crippen LogP contribution in [0.4, 0.5) is 5.95 Å². The van der Waals surface area contributed by atoms with E-state index in [1.165, 1.54) is 6.42 Å². The molecule has 0 atom stereocenters. The Balaban J connectivity index is 1.47. The third-order valence-corrected chi connectivity index (χ3v) is 5.58. The Bertz CT molecular complexity index is 875. The van der Waals surface area contributed by atoms with Crippen LogP contribution in [0.25, 0.3) is 0 Å². The van der Waals surface area contributed by atoms with Gasteiger partial charge in [-0.2, -0.15) is 4.98 Å². The molecule has 1 saturated heterocycles. The lowest BCUT2D eigenvalue weighted by molar-refractivity contribution is 0.0705. The molecule has 2 fully saturated rings. The number of amides is 1. The third kappa shape index (κ3) is 3.00. The van der Waals surface area contributed by atoms with Gasteiger partial charge in [-0.1, -0.05) is 6.42 Å². The predicted molar refractivity (Wildman–Crippen MR) is 95.0 cm³/mol. The van der Waals surface area contributed by atoms with E-state index < -0.39 is 5.63 Å². The summed E-state index contributed by atoms with van der Waals surface area (Å²) in [6.45, 7) is 2.94. The third-order valence-electron chi connectivity index (χ3n) is 5.58. The van der Waals surface area contributed by atoms with Gasteiger partial charge in [0.2, 0.25) is 5.95 Å². The zero-order valence-electron chi connectivity index (χ0n) is 14.8. The SMILES string of the molecule is Cc1cc(C2CCC2)oc(=O)c1C(=O)N1CCC(c2nc(N)n[nH]2)CC1. The number of nitrogen functional groups attached to an aromatic ring is 1. The Morgan fingerprint density at radius 2 is 2.00 bits per heavy atom. The van der Waals surface area contributed by atoms with Gasteiger partial charge < -0.3 is 15.1 Å². The number of carbonyl (C=O) groups is 1. The Morgan fingerprint density at radius 3 is 2.54 bits per heavy atom. The van der Waals surface area contributed by atoms with Gasteiger partial charge >= 0.3 is 5.63 Å². The zero-order chi connectivity index (χ0) is 18.3. The van der Waals surface area contributed by atoms with E-state index in [9.17, 15) is 9.59 Å². The Labute approximate surface area is 150 Å². The molecule has 0 aromatic carbocycles. The highest BCUT2D eigenvalue weighted by atomic mass is 16.4. The summed E-state index contributed by atoms with van der Waals surface area (Å²) < 4.78 is 5.46. The van der Waals surface area contributed by atoms with Crippen LogP contribution in [0.5, 0.6) is 0 Å². The van der Waals surface area contributed by atoms with Crippen LogP contribution in [-0.2, 0) is 0 Å². The average Bonchev–Trinajstić information content (AvgIpc) is 2.99. The van der Waals surface area contributed by atoms with Gasteiger partial charge in [-0.25, -0.2) is 4.79 Å². The van der Waals surface area contributed by atoms with Crippen molar-refractivity contribution in [3.63, 3.8) is 0 Å². The maximum Gasteiger partial charge on any atom is 0.349 e. The molecule has 4 rings (SSSR count). The molecule has 8 heteroatoms. The molecule has 0 spiro atoms. The molecule has 0 unspecified atom stereocenters. The fraction of sp³-hybridized carbons (Fsp3) is 0.556. The van der Waals surface area contributed by atoms with Crippen molar-refractivity contribution in [2.75, 3.05) is 18.8 Å². The lowest BCUT2D eigenvalue weighted by Crippen LogP contribution is -2.40. The molecule has 2 aliphatic rings. The van der Waals surface area contributed by atoms with Crippen molar-refractivity contribution in [2.24, 2.45) is 0 Å². The molecule has 1 aliphatic carbocycles. The minimum Gasteiger partial charge on any atom is -0.427 e. The van der Waals surface area contributed by atoms with Crippen LogP contribution in [0.2, 0.25) is 0 Å². The normalized spacial score (nSPS) is 18.7. The number of likely N-dealkylation sites (tertiary alicyclic amines) is 1. The van der Waals surface area contributed by atoms with Crippen molar-refractivity contribution < 1.29 is 9.21 Å². The number of nitrogens with two attached hydrogens (primary N) is 1. The molecule has 3 N–H and O–H groups in total. The number of nitrogens with one attached hydrogen (secondary N) is 1. The van der Waals surface area contributed by atoms with Crippen molar-refractivity contribution in [1.82, 2.24) is 20.1 Å². The van der Waals surface area contributed by atoms with E-state index in [1.54, 1.807) is 4.90 Å². The maximum absolute atomic E-state index is 12.9. The van der Waals surface area contributed by atoms with E-state index in [2.05, 4.69) is 15.2 Å². The average molecular weight is 357 g/mol. The van der Waals surface area contributed by atoms with E-state index in [0.29, 0.717) is 24.6 Å². The van der Waals surface area contributed by atoms with Gasteiger partial charge in [0.1, 0.15) is 17.1 Å². The first-order chi connectivity index (χ1) is 12.5. The smallest absolute Gasteiger partial charge is 0.349 e. The Morgan fingerprint density at radius 1 is 1.27 bits per heavy atom. The van der Waals surface area contributed by atoms with Gasteiger partial charge in [0, 0.05) is 24.9 Å². The van der Waals surface area contributed by atoms with Gasteiger partial charge in [-0.05, 0) is 44.2 Å². The van der Waals surface area contributed by atoms with Crippen molar-refractivity contribution in [2.45, 2.75) is 50.9 Å². The van der Waals surface area contributed by atoms with Crippen LogP contribution in [0.1, 0.15) is 71.4 Å². The fourth-order valence-corrected chi connectivity index (χ4v) is 3.77. The molecule has 1 saturated carbocycles. The molecule has 1 aliphatic heterocycles. The number of H-pyrrole nitrogens is 1. The summed E-state index contributed by atoms with van der Waals surface area (Å²) in [5, 5.41) is 6.70. The molecule has 0 radical (unpaired) electrons. The molecule has 1 amide bonds. The minimum atomic E-state index is -0.512. The second kappa shape index (κ2) is 6.59. The van der Waals surface area contributed by atoms with E-state index in [1.807, 2.05) is 13.0 Å². The first kappa shape index (κ1) is 16.8. The topological polar surface area (TPSA) is 118 Å². The summed E-state index contributed by atoms with van der Waals surface area (Å²) in [4.78, 5) is 31.2. The number of aryl methyl sites for hydroxylation is 1. The summed E-state index contributed by atoms with van der Waals surface area (Å²) in [6.07, 6.45) is 4.78. The summed E-state index contributed by atoms with van der Waals surface area (Å²) in [5.41, 5.74) is 5.91. The largest absolute Gasteiger partial charge is 0.427 e. The fourth-order valence-electron chi connectivity index (χ4n) is 3.77. The second-order valence-electron chi connectivity index (χ2n) is 7.27. The number of piperidine rings is 1. The van der Waals surface area contributed by atoms with Gasteiger partial charge in [0.25, 0.3) is 5.91 Å². The monoisotopic (exact) mass is 357 g/mol. The number of nitrogens with zero attached hydrogens (tertiary/aromatic N) is 3. The van der Waals surface area contributed by atoms with Crippen LogP contribution >= 0.6 is 0 Å². The second-order valence-corrected chi connectivity index (χ2v) is 7.27. The van der Waals surface area contributed by atoms with Crippen molar-refractivity contribution >= 4 is 11.9 Å². The first-order valence-electron chi connectivity index (χ1n) is 9.14. The van der Waals surface area contributed by atoms with E-state index in [0.717, 1.165) is 37.3 Å². The molecule has 138 valence electrons. The molecular formula is C18H23N5O3. The molecule has 8 nitrogen and oxygen atoms in total. The predicted octanol–water partition coefficient (Wildman–Crippen LogP) is 1.94. The maximum atomic E-state index is 12.9. The molecule has 2 aromatic heterocycles. The van der Waals surface area contributed by atoms with Crippen LogP contribution in [0, 0.1) is 6.92 Å². The first-order valence-corrected chi connectivity index (χ1v) is 9.14. The van der Waals surface area contributed by atoms with Crippen molar-refractivity contribution in [3.8, 4) is 0 Å². The Kier molecular flexibility index (Phi) is 4.26. The van der Waals surface area contributed by atoms with E-state index in [4.69, 9.17) is 10.2 Å². The summed E-state index contributed by atoms with van der Waals surface area (Å²) in [6, 6.07) is 1.86. The number of hydrogen-bond acceptors (Lipinski definition) is 6. The molecular weight excluding hydrogens is 334 g/mol. The quantitative estimate of drug-likeness (QED) is 0.866. The highest BCUT2D eigenvalue weighted by Gasteiger charge is 2.30. The number of rotatable bonds is 3. The van der Waals surface area contributed by atoms with Crippen molar-refractivity contribution in [1.29, 1.82) is 0 Å². The van der Waals surface area contributed by atoms with Gasteiger partial charge in [-0.15, -0.1) is 5.10 Å². The molecule has 26 heavy (non-hydrogen) atoms. The molecule has 3 heterocycles. The number of hydrogen-bond donors (Lipinski definition) is 2. The number of carbonyl (C=O) groups excluding carboxylic acids is 1. The lowest BCUT2D eigenvalue weighted by Gasteiger charge is -2.31. The van der Waals surface area contributed by atoms with Crippen LogP contribution in [-0.4, -0.2) is 39.1 Å². The molecule has 2 aromatic rings. The van der Waals surface area contributed by atoms with Crippen molar-refractivity contribution in [3.05, 3.63) is 39.2 Å². The van der Waals surface area contributed by atoms with E-state index >= 15 is 0 Å². The van der Waals surface area contributed by atoms with Crippen LogP contribution in [0.15, 0.2) is 15.3 Å². The number of aromatic amines is 1. The summed E-state index contributed by atoms with van der Waals surface area (Å²) in [5.74, 6) is 2.00.